The molecule has 6 heteroatoms. The summed E-state index contributed by atoms with van der Waals surface area (Å²) in [5.74, 6) is 0.230. The molecule has 104 valence electrons. The molecule has 0 radical (unpaired) electrons. The third-order valence-corrected chi connectivity index (χ3v) is 3.08. The van der Waals surface area contributed by atoms with E-state index in [2.05, 4.69) is 0 Å². The molecule has 0 spiro atoms. The second-order valence-electron chi connectivity index (χ2n) is 4.70. The molecule has 2 rings (SSSR count). The molecule has 3 N–H and O–H groups in total. The predicted molar refractivity (Wildman–Crippen MR) is 65.3 cm³/mol. The van der Waals surface area contributed by atoms with Crippen molar-refractivity contribution in [1.29, 1.82) is 5.41 Å². The Morgan fingerprint density at radius 1 is 1.37 bits per heavy atom. The maximum atomic E-state index is 12.8. The van der Waals surface area contributed by atoms with Gasteiger partial charge in [0.05, 0.1) is 12.2 Å². The van der Waals surface area contributed by atoms with E-state index in [0.29, 0.717) is 12.5 Å². The Morgan fingerprint density at radius 2 is 2.05 bits per heavy atom. The van der Waals surface area contributed by atoms with Gasteiger partial charge >= 0.3 is 6.18 Å². The maximum Gasteiger partial charge on any atom is 0.417 e. The van der Waals surface area contributed by atoms with E-state index in [1.165, 1.54) is 25.0 Å². The molecule has 1 aliphatic rings. The van der Waals surface area contributed by atoms with E-state index < -0.39 is 17.6 Å². The quantitative estimate of drug-likeness (QED) is 0.639. The smallest absolute Gasteiger partial charge is 0.417 e. The second-order valence-corrected chi connectivity index (χ2v) is 4.70. The van der Waals surface area contributed by atoms with E-state index in [1.807, 2.05) is 0 Å². The van der Waals surface area contributed by atoms with E-state index in [9.17, 15) is 13.2 Å². The summed E-state index contributed by atoms with van der Waals surface area (Å²) in [4.78, 5) is 0. The van der Waals surface area contributed by atoms with Crippen LogP contribution in [0.15, 0.2) is 18.2 Å². The number of hydrogen-bond acceptors (Lipinski definition) is 2. The van der Waals surface area contributed by atoms with Crippen LogP contribution in [-0.2, 0) is 6.18 Å². The number of benzene rings is 1. The largest absolute Gasteiger partial charge is 0.494 e. The summed E-state index contributed by atoms with van der Waals surface area (Å²) in [5.41, 5.74) is 3.91. The highest BCUT2D eigenvalue weighted by molar-refractivity contribution is 5.96. The van der Waals surface area contributed by atoms with Crippen LogP contribution in [-0.4, -0.2) is 12.4 Å². The summed E-state index contributed by atoms with van der Waals surface area (Å²) in [5, 5.41) is 7.17. The van der Waals surface area contributed by atoms with Crippen molar-refractivity contribution in [3.05, 3.63) is 29.3 Å². The van der Waals surface area contributed by atoms with Gasteiger partial charge in [-0.1, -0.05) is 12.8 Å². The van der Waals surface area contributed by atoms with Crippen LogP contribution in [0.5, 0.6) is 5.75 Å². The van der Waals surface area contributed by atoms with Crippen molar-refractivity contribution in [3.63, 3.8) is 0 Å². The Balaban J connectivity index is 2.14. The molecule has 19 heavy (non-hydrogen) atoms. The Morgan fingerprint density at radius 3 is 2.58 bits per heavy atom. The first-order chi connectivity index (χ1) is 8.88. The highest BCUT2D eigenvalue weighted by atomic mass is 19.4. The molecule has 1 aliphatic carbocycles. The van der Waals surface area contributed by atoms with Crippen LogP contribution >= 0.6 is 0 Å². The standard InChI is InChI=1S/C13H15F3N2O/c14-13(15,16)11-7-9(3-4-10(11)12(17)18)19-6-5-8-1-2-8/h3-4,7-8H,1-2,5-6H2,(H3,17,18). The van der Waals surface area contributed by atoms with Gasteiger partial charge in [-0.25, -0.2) is 0 Å². The monoisotopic (exact) mass is 272 g/mol. The van der Waals surface area contributed by atoms with Gasteiger partial charge in [-0.15, -0.1) is 0 Å². The molecule has 1 saturated carbocycles. The minimum Gasteiger partial charge on any atom is -0.494 e. The number of halogens is 3. The molecule has 0 aliphatic heterocycles. The van der Waals surface area contributed by atoms with Crippen molar-refractivity contribution < 1.29 is 17.9 Å². The van der Waals surface area contributed by atoms with Gasteiger partial charge < -0.3 is 10.5 Å². The van der Waals surface area contributed by atoms with E-state index in [0.717, 1.165) is 12.5 Å². The Kier molecular flexibility index (Phi) is 3.68. The Bertz CT molecular complexity index is 481. The van der Waals surface area contributed by atoms with Crippen LogP contribution in [0, 0.1) is 11.3 Å². The lowest BCUT2D eigenvalue weighted by atomic mass is 10.1. The topological polar surface area (TPSA) is 59.1 Å². The second kappa shape index (κ2) is 5.11. The molecule has 1 aromatic carbocycles. The summed E-state index contributed by atoms with van der Waals surface area (Å²) in [6.45, 7) is 0.418. The van der Waals surface area contributed by atoms with Crippen LogP contribution in [0.4, 0.5) is 13.2 Å². The van der Waals surface area contributed by atoms with Crippen molar-refractivity contribution in [2.24, 2.45) is 11.7 Å². The van der Waals surface area contributed by atoms with E-state index >= 15 is 0 Å². The normalized spacial score (nSPS) is 15.3. The predicted octanol–water partition coefficient (Wildman–Crippen LogP) is 3.17. The van der Waals surface area contributed by atoms with Crippen LogP contribution in [0.25, 0.3) is 0 Å². The lowest BCUT2D eigenvalue weighted by Crippen LogP contribution is -2.19. The van der Waals surface area contributed by atoms with Crippen molar-refractivity contribution in [3.8, 4) is 5.75 Å². The first-order valence-corrected chi connectivity index (χ1v) is 6.06. The van der Waals surface area contributed by atoms with E-state index in [1.54, 1.807) is 0 Å². The SMILES string of the molecule is N=C(N)c1ccc(OCCC2CC2)cc1C(F)(F)F. The van der Waals surface area contributed by atoms with Gasteiger partial charge in [-0.3, -0.25) is 5.41 Å². The average molecular weight is 272 g/mol. The molecule has 0 saturated heterocycles. The summed E-state index contributed by atoms with van der Waals surface area (Å²) in [7, 11) is 0. The Hall–Kier alpha value is -1.72. The van der Waals surface area contributed by atoms with E-state index in [4.69, 9.17) is 15.9 Å². The minimum absolute atomic E-state index is 0.165. The number of nitrogen functional groups attached to an aromatic ring is 1. The lowest BCUT2D eigenvalue weighted by Gasteiger charge is -2.14. The molecule has 0 heterocycles. The van der Waals surface area contributed by atoms with Gasteiger partial charge in [0.2, 0.25) is 0 Å². The fourth-order valence-corrected chi connectivity index (χ4v) is 1.83. The van der Waals surface area contributed by atoms with Crippen LogP contribution < -0.4 is 10.5 Å². The molecule has 0 amide bonds. The fourth-order valence-electron chi connectivity index (χ4n) is 1.83. The number of alkyl halides is 3. The number of amidine groups is 1. The number of hydrogen-bond donors (Lipinski definition) is 2. The van der Waals surface area contributed by atoms with E-state index in [-0.39, 0.29) is 11.3 Å². The van der Waals surface area contributed by atoms with Gasteiger partial charge in [0, 0.05) is 5.56 Å². The molecular weight excluding hydrogens is 257 g/mol. The lowest BCUT2D eigenvalue weighted by molar-refractivity contribution is -0.137. The van der Waals surface area contributed by atoms with Gasteiger partial charge in [0.15, 0.2) is 0 Å². The van der Waals surface area contributed by atoms with Crippen LogP contribution in [0.1, 0.15) is 30.4 Å². The summed E-state index contributed by atoms with van der Waals surface area (Å²) >= 11 is 0. The third-order valence-electron chi connectivity index (χ3n) is 3.08. The van der Waals surface area contributed by atoms with Gasteiger partial charge in [0.25, 0.3) is 0 Å². The molecular formula is C13H15F3N2O. The third kappa shape index (κ3) is 3.62. The molecule has 0 bridgehead atoms. The molecule has 0 unspecified atom stereocenters. The first kappa shape index (κ1) is 13.7. The van der Waals surface area contributed by atoms with Gasteiger partial charge in [-0.05, 0) is 30.5 Å². The van der Waals surface area contributed by atoms with Gasteiger partial charge in [-0.2, -0.15) is 13.2 Å². The van der Waals surface area contributed by atoms with Gasteiger partial charge in [0.1, 0.15) is 11.6 Å². The van der Waals surface area contributed by atoms with Crippen molar-refractivity contribution in [2.45, 2.75) is 25.4 Å². The minimum atomic E-state index is -4.54. The first-order valence-electron chi connectivity index (χ1n) is 6.06. The number of nitrogens with two attached hydrogens (primary N) is 1. The zero-order valence-electron chi connectivity index (χ0n) is 10.3. The van der Waals surface area contributed by atoms with Crippen molar-refractivity contribution >= 4 is 5.84 Å². The summed E-state index contributed by atoms with van der Waals surface area (Å²) in [6.07, 6.45) is -1.31. The molecule has 0 atom stereocenters. The fraction of sp³-hybridized carbons (Fsp3) is 0.462. The average Bonchev–Trinajstić information content (AvgIpc) is 3.11. The maximum absolute atomic E-state index is 12.8. The Labute approximate surface area is 109 Å². The van der Waals surface area contributed by atoms with Crippen LogP contribution in [0.3, 0.4) is 0 Å². The number of ether oxygens (including phenoxy) is 1. The molecule has 0 aromatic heterocycles. The molecule has 1 aromatic rings. The highest BCUT2D eigenvalue weighted by Crippen LogP contribution is 2.35. The number of rotatable bonds is 5. The molecule has 3 nitrogen and oxygen atoms in total. The summed E-state index contributed by atoms with van der Waals surface area (Å²) < 4.78 is 43.8. The molecule has 1 fully saturated rings. The zero-order chi connectivity index (χ0) is 14.0. The van der Waals surface area contributed by atoms with Crippen LogP contribution in [0.2, 0.25) is 0 Å². The van der Waals surface area contributed by atoms with Crippen molar-refractivity contribution in [1.82, 2.24) is 0 Å². The number of nitrogens with one attached hydrogen (secondary N) is 1. The van der Waals surface area contributed by atoms with Crippen molar-refractivity contribution in [2.75, 3.05) is 6.61 Å². The zero-order valence-corrected chi connectivity index (χ0v) is 10.3. The summed E-state index contributed by atoms with van der Waals surface area (Å²) in [6, 6.07) is 3.50. The highest BCUT2D eigenvalue weighted by Gasteiger charge is 2.34.